The molecule has 3 aromatic carbocycles. The Morgan fingerprint density at radius 1 is 1.00 bits per heavy atom. The van der Waals surface area contributed by atoms with Crippen molar-refractivity contribution in [2.75, 3.05) is 17.2 Å². The number of rotatable bonds is 5. The average Bonchev–Trinajstić information content (AvgIpc) is 2.76. The van der Waals surface area contributed by atoms with Crippen molar-refractivity contribution >= 4 is 45.0 Å². The Labute approximate surface area is 173 Å². The van der Waals surface area contributed by atoms with E-state index in [1.807, 2.05) is 67.6 Å². The van der Waals surface area contributed by atoms with Crippen molar-refractivity contribution in [1.29, 1.82) is 0 Å². The van der Waals surface area contributed by atoms with E-state index in [1.165, 1.54) is 16.3 Å². The molecule has 0 bridgehead atoms. The summed E-state index contributed by atoms with van der Waals surface area (Å²) in [5.74, 6) is 0.187. The van der Waals surface area contributed by atoms with Gasteiger partial charge in [0, 0.05) is 19.0 Å². The molecule has 0 saturated heterocycles. The zero-order valence-electron chi connectivity index (χ0n) is 16.3. The minimum Gasteiger partial charge on any atom is -0.311 e. The number of para-hydroxylation sites is 1. The van der Waals surface area contributed by atoms with E-state index < -0.39 is 0 Å². The van der Waals surface area contributed by atoms with Crippen LogP contribution in [0.25, 0.3) is 21.7 Å². The summed E-state index contributed by atoms with van der Waals surface area (Å²) in [6, 6.07) is 21.3. The number of nitrogens with zero attached hydrogens (tertiary/aromatic N) is 3. The van der Waals surface area contributed by atoms with E-state index in [9.17, 15) is 9.59 Å². The molecule has 0 aliphatic heterocycles. The first-order valence-corrected chi connectivity index (χ1v) is 10.5. The number of carbonyl (C=O) groups excluding carboxylic acids is 1. The van der Waals surface area contributed by atoms with Crippen LogP contribution in [0.15, 0.2) is 76.7 Å². The van der Waals surface area contributed by atoms with E-state index in [0.29, 0.717) is 22.6 Å². The third-order valence-corrected chi connectivity index (χ3v) is 5.96. The highest BCUT2D eigenvalue weighted by Gasteiger charge is 2.18. The molecule has 0 N–H and O–H groups in total. The smallest absolute Gasteiger partial charge is 0.261 e. The molecule has 1 amide bonds. The van der Waals surface area contributed by atoms with Gasteiger partial charge >= 0.3 is 0 Å². The van der Waals surface area contributed by atoms with Crippen molar-refractivity contribution in [3.8, 4) is 0 Å². The lowest BCUT2D eigenvalue weighted by molar-refractivity contribution is -0.116. The number of fused-ring (bicyclic) bond motifs is 2. The van der Waals surface area contributed by atoms with Gasteiger partial charge in [-0.15, -0.1) is 0 Å². The van der Waals surface area contributed by atoms with Gasteiger partial charge in [-0.25, -0.2) is 4.98 Å². The minimum absolute atomic E-state index is 0.0174. The summed E-state index contributed by atoms with van der Waals surface area (Å²) in [5.41, 5.74) is 1.44. The molecule has 1 aromatic heterocycles. The summed E-state index contributed by atoms with van der Waals surface area (Å²) in [4.78, 5) is 32.0. The number of thioether (sulfide) groups is 1. The molecule has 0 unspecified atom stereocenters. The zero-order chi connectivity index (χ0) is 20.4. The second kappa shape index (κ2) is 8.09. The number of aromatic nitrogens is 2. The van der Waals surface area contributed by atoms with E-state index >= 15 is 0 Å². The molecule has 0 spiro atoms. The number of amides is 1. The quantitative estimate of drug-likeness (QED) is 0.370. The Kier molecular flexibility index (Phi) is 5.36. The summed E-state index contributed by atoms with van der Waals surface area (Å²) in [6.07, 6.45) is 0. The van der Waals surface area contributed by atoms with Crippen molar-refractivity contribution in [2.45, 2.75) is 12.1 Å². The molecule has 4 rings (SSSR count). The fraction of sp³-hybridized carbons (Fsp3) is 0.174. The highest BCUT2D eigenvalue weighted by atomic mass is 32.2. The van der Waals surface area contributed by atoms with Crippen LogP contribution in [-0.4, -0.2) is 27.8 Å². The maximum atomic E-state index is 13.0. The van der Waals surface area contributed by atoms with Crippen LogP contribution in [0.1, 0.15) is 6.92 Å². The van der Waals surface area contributed by atoms with E-state index in [1.54, 1.807) is 18.0 Å². The van der Waals surface area contributed by atoms with Gasteiger partial charge in [0.15, 0.2) is 5.16 Å². The predicted molar refractivity (Wildman–Crippen MR) is 120 cm³/mol. The van der Waals surface area contributed by atoms with Crippen LogP contribution in [0.2, 0.25) is 0 Å². The van der Waals surface area contributed by atoms with Gasteiger partial charge in [0.1, 0.15) is 0 Å². The molecule has 1 heterocycles. The first kappa shape index (κ1) is 19.2. The number of anilines is 1. The standard InChI is InChI=1S/C23H21N3O2S/c1-3-26(20-14-8-10-16-9-4-5-11-17(16)20)21(27)15-29-23-24-19-13-7-6-12-18(19)22(28)25(23)2/h4-14H,3,15H2,1-2H3. The highest BCUT2D eigenvalue weighted by Crippen LogP contribution is 2.27. The first-order valence-electron chi connectivity index (χ1n) is 9.47. The van der Waals surface area contributed by atoms with Crippen molar-refractivity contribution < 1.29 is 4.79 Å². The van der Waals surface area contributed by atoms with Crippen LogP contribution in [0.3, 0.4) is 0 Å². The van der Waals surface area contributed by atoms with Crippen molar-refractivity contribution in [1.82, 2.24) is 9.55 Å². The Hall–Kier alpha value is -3.12. The number of hydrogen-bond donors (Lipinski definition) is 0. The molecule has 5 nitrogen and oxygen atoms in total. The second-order valence-corrected chi connectivity index (χ2v) is 7.64. The zero-order valence-corrected chi connectivity index (χ0v) is 17.1. The van der Waals surface area contributed by atoms with Gasteiger partial charge in [-0.1, -0.05) is 60.3 Å². The third-order valence-electron chi connectivity index (χ3n) is 4.94. The lowest BCUT2D eigenvalue weighted by atomic mass is 10.1. The number of hydrogen-bond acceptors (Lipinski definition) is 4. The van der Waals surface area contributed by atoms with E-state index in [4.69, 9.17) is 0 Å². The maximum Gasteiger partial charge on any atom is 0.261 e. The van der Waals surface area contributed by atoms with Gasteiger partial charge in [-0.05, 0) is 30.5 Å². The molecule has 29 heavy (non-hydrogen) atoms. The Morgan fingerprint density at radius 2 is 1.69 bits per heavy atom. The molecule has 0 radical (unpaired) electrons. The van der Waals surface area contributed by atoms with Crippen LogP contribution in [0, 0.1) is 0 Å². The normalized spacial score (nSPS) is 11.1. The molecule has 4 aromatic rings. The fourth-order valence-electron chi connectivity index (χ4n) is 3.46. The minimum atomic E-state index is -0.105. The molecule has 6 heteroatoms. The fourth-order valence-corrected chi connectivity index (χ4v) is 4.30. The van der Waals surface area contributed by atoms with Crippen LogP contribution < -0.4 is 10.5 Å². The summed E-state index contributed by atoms with van der Waals surface area (Å²) in [7, 11) is 1.69. The van der Waals surface area contributed by atoms with E-state index in [2.05, 4.69) is 4.98 Å². The lowest BCUT2D eigenvalue weighted by Gasteiger charge is -2.22. The lowest BCUT2D eigenvalue weighted by Crippen LogP contribution is -2.32. The van der Waals surface area contributed by atoms with Crippen molar-refractivity contribution in [3.63, 3.8) is 0 Å². The monoisotopic (exact) mass is 403 g/mol. The summed E-state index contributed by atoms with van der Waals surface area (Å²) >= 11 is 1.29. The Bertz CT molecular complexity index is 1260. The first-order chi connectivity index (χ1) is 14.1. The highest BCUT2D eigenvalue weighted by molar-refractivity contribution is 7.99. The molecule has 146 valence electrons. The van der Waals surface area contributed by atoms with Gasteiger partial charge in [0.05, 0.1) is 22.3 Å². The van der Waals surface area contributed by atoms with Crippen LogP contribution >= 0.6 is 11.8 Å². The molecule has 0 atom stereocenters. The predicted octanol–water partition coefficient (Wildman–Crippen LogP) is 4.23. The van der Waals surface area contributed by atoms with E-state index in [-0.39, 0.29) is 17.2 Å². The Balaban J connectivity index is 1.61. The van der Waals surface area contributed by atoms with Gasteiger partial charge in [0.25, 0.3) is 5.56 Å². The van der Waals surface area contributed by atoms with Gasteiger partial charge in [-0.2, -0.15) is 0 Å². The van der Waals surface area contributed by atoms with Gasteiger partial charge in [0.2, 0.25) is 5.91 Å². The van der Waals surface area contributed by atoms with Crippen molar-refractivity contribution in [3.05, 3.63) is 77.1 Å². The largest absolute Gasteiger partial charge is 0.311 e. The number of carbonyl (C=O) groups is 1. The summed E-state index contributed by atoms with van der Waals surface area (Å²) < 4.78 is 1.51. The summed E-state index contributed by atoms with van der Waals surface area (Å²) in [6.45, 7) is 2.53. The van der Waals surface area contributed by atoms with Crippen LogP contribution in [-0.2, 0) is 11.8 Å². The maximum absolute atomic E-state index is 13.0. The van der Waals surface area contributed by atoms with Crippen LogP contribution in [0.4, 0.5) is 5.69 Å². The second-order valence-electron chi connectivity index (χ2n) is 6.70. The molecule has 0 fully saturated rings. The van der Waals surface area contributed by atoms with Gasteiger partial charge in [-0.3, -0.25) is 14.2 Å². The molecule has 0 aliphatic carbocycles. The van der Waals surface area contributed by atoms with E-state index in [0.717, 1.165) is 16.5 Å². The molecular weight excluding hydrogens is 382 g/mol. The van der Waals surface area contributed by atoms with Crippen LogP contribution in [0.5, 0.6) is 0 Å². The third kappa shape index (κ3) is 3.63. The summed E-state index contributed by atoms with van der Waals surface area (Å²) in [5, 5.41) is 3.27. The SMILES string of the molecule is CCN(C(=O)CSc1nc2ccccc2c(=O)n1C)c1cccc2ccccc12. The molecule has 0 saturated carbocycles. The van der Waals surface area contributed by atoms with Gasteiger partial charge < -0.3 is 4.90 Å². The van der Waals surface area contributed by atoms with Crippen molar-refractivity contribution in [2.24, 2.45) is 7.05 Å². The topological polar surface area (TPSA) is 55.2 Å². The molecular formula is C23H21N3O2S. The molecule has 0 aliphatic rings. The number of benzene rings is 3. The Morgan fingerprint density at radius 3 is 2.48 bits per heavy atom. The average molecular weight is 404 g/mol.